The number of ether oxygens (including phenoxy) is 1. The number of alkyl halides is 3. The van der Waals surface area contributed by atoms with Gasteiger partial charge < -0.3 is 20.5 Å². The molecule has 1 heterocycles. The molecule has 1 aromatic rings. The lowest BCUT2D eigenvalue weighted by molar-refractivity contribution is -0.274. The van der Waals surface area contributed by atoms with E-state index >= 15 is 0 Å². The fraction of sp³-hybridized carbons (Fsp3) is 0.684. The average Bonchev–Trinajstić information content (AvgIpc) is 2.97. The Morgan fingerprint density at radius 1 is 1.27 bits per heavy atom. The van der Waals surface area contributed by atoms with Crippen LogP contribution in [0.3, 0.4) is 0 Å². The van der Waals surface area contributed by atoms with Gasteiger partial charge in [-0.05, 0) is 43.5 Å². The average molecular weight is 372 g/mol. The molecule has 1 unspecified atom stereocenters. The molecule has 1 aliphatic carbocycles. The number of hydrogen-bond acceptors (Lipinski definition) is 4. The van der Waals surface area contributed by atoms with Gasteiger partial charge in [-0.1, -0.05) is 31.4 Å². The minimum atomic E-state index is -4.72. The molecule has 1 saturated heterocycles. The molecule has 2 fully saturated rings. The Morgan fingerprint density at radius 3 is 2.62 bits per heavy atom. The molecule has 1 aromatic carbocycles. The van der Waals surface area contributed by atoms with Crippen LogP contribution in [0.2, 0.25) is 0 Å². The Hall–Kier alpha value is -1.31. The summed E-state index contributed by atoms with van der Waals surface area (Å²) >= 11 is 0. The van der Waals surface area contributed by atoms with Crippen molar-refractivity contribution in [3.8, 4) is 5.75 Å². The van der Waals surface area contributed by atoms with Gasteiger partial charge in [-0.2, -0.15) is 0 Å². The number of nitrogens with zero attached hydrogens (tertiary/aromatic N) is 1. The molecule has 2 aliphatic rings. The zero-order chi connectivity index (χ0) is 18.8. The standard InChI is InChI=1S/C19H27F3N2O2/c20-19(21,22)26-16-6-4-5-14(11-16)17(13-24-10-7-15(23)12-24)18(25)8-2-1-3-9-18/h4-6,11,15,17,25H,1-3,7-10,12-13,23H2/t15-,17?/m0/s1. The highest BCUT2D eigenvalue weighted by Crippen LogP contribution is 2.41. The highest BCUT2D eigenvalue weighted by atomic mass is 19.4. The van der Waals surface area contributed by atoms with Crippen LogP contribution in [0.4, 0.5) is 13.2 Å². The maximum absolute atomic E-state index is 12.6. The van der Waals surface area contributed by atoms with Crippen LogP contribution in [-0.4, -0.2) is 47.6 Å². The van der Waals surface area contributed by atoms with E-state index in [4.69, 9.17) is 5.73 Å². The van der Waals surface area contributed by atoms with E-state index in [1.165, 1.54) is 12.1 Å². The highest BCUT2D eigenvalue weighted by Gasteiger charge is 2.40. The summed E-state index contributed by atoms with van der Waals surface area (Å²) in [5.74, 6) is -0.498. The van der Waals surface area contributed by atoms with Crippen molar-refractivity contribution in [2.75, 3.05) is 19.6 Å². The summed E-state index contributed by atoms with van der Waals surface area (Å²) in [4.78, 5) is 2.21. The van der Waals surface area contributed by atoms with Crippen LogP contribution in [0.15, 0.2) is 24.3 Å². The van der Waals surface area contributed by atoms with Crippen LogP contribution in [0.1, 0.15) is 50.0 Å². The van der Waals surface area contributed by atoms with Crippen LogP contribution < -0.4 is 10.5 Å². The van der Waals surface area contributed by atoms with E-state index in [0.29, 0.717) is 24.9 Å². The van der Waals surface area contributed by atoms with Crippen molar-refractivity contribution in [1.82, 2.24) is 4.90 Å². The molecule has 0 aromatic heterocycles. The summed E-state index contributed by atoms with van der Waals surface area (Å²) in [6.07, 6.45) is 0.473. The molecule has 1 aliphatic heterocycles. The third-order valence-corrected chi connectivity index (χ3v) is 5.61. The van der Waals surface area contributed by atoms with Gasteiger partial charge in [0.15, 0.2) is 0 Å². The fourth-order valence-corrected chi connectivity index (χ4v) is 4.31. The van der Waals surface area contributed by atoms with Crippen LogP contribution in [-0.2, 0) is 0 Å². The number of aliphatic hydroxyl groups is 1. The first-order valence-electron chi connectivity index (χ1n) is 9.31. The maximum Gasteiger partial charge on any atom is 0.573 e. The van der Waals surface area contributed by atoms with E-state index in [0.717, 1.165) is 38.8 Å². The van der Waals surface area contributed by atoms with Crippen LogP contribution >= 0.6 is 0 Å². The third-order valence-electron chi connectivity index (χ3n) is 5.61. The van der Waals surface area contributed by atoms with Gasteiger partial charge in [-0.15, -0.1) is 13.2 Å². The second kappa shape index (κ2) is 7.74. The van der Waals surface area contributed by atoms with Gasteiger partial charge in [0.1, 0.15) is 5.75 Å². The Morgan fingerprint density at radius 2 is 2.00 bits per heavy atom. The molecular weight excluding hydrogens is 345 g/mol. The minimum Gasteiger partial charge on any atom is -0.406 e. The first-order valence-corrected chi connectivity index (χ1v) is 9.31. The maximum atomic E-state index is 12.6. The quantitative estimate of drug-likeness (QED) is 0.832. The van der Waals surface area contributed by atoms with Gasteiger partial charge in [-0.3, -0.25) is 0 Å². The molecule has 1 saturated carbocycles. The lowest BCUT2D eigenvalue weighted by Crippen LogP contribution is -2.44. The molecule has 0 amide bonds. The molecule has 3 N–H and O–H groups in total. The molecule has 7 heteroatoms. The van der Waals surface area contributed by atoms with Crippen molar-refractivity contribution in [2.45, 2.75) is 62.4 Å². The summed E-state index contributed by atoms with van der Waals surface area (Å²) < 4.78 is 41.8. The summed E-state index contributed by atoms with van der Waals surface area (Å²) in [6, 6.07) is 6.18. The zero-order valence-electron chi connectivity index (χ0n) is 14.8. The number of likely N-dealkylation sites (tertiary alicyclic amines) is 1. The van der Waals surface area contributed by atoms with E-state index in [9.17, 15) is 18.3 Å². The Bertz CT molecular complexity index is 603. The van der Waals surface area contributed by atoms with Gasteiger partial charge in [-0.25, -0.2) is 0 Å². The van der Waals surface area contributed by atoms with E-state index in [-0.39, 0.29) is 17.7 Å². The Kier molecular flexibility index (Phi) is 5.79. The lowest BCUT2D eigenvalue weighted by Gasteiger charge is -2.41. The molecule has 3 rings (SSSR count). The highest BCUT2D eigenvalue weighted by molar-refractivity contribution is 5.33. The monoisotopic (exact) mass is 372 g/mol. The summed E-state index contributed by atoms with van der Waals surface area (Å²) in [7, 11) is 0. The zero-order valence-corrected chi connectivity index (χ0v) is 14.8. The largest absolute Gasteiger partial charge is 0.573 e. The van der Waals surface area contributed by atoms with Crippen molar-refractivity contribution in [3.63, 3.8) is 0 Å². The molecule has 0 spiro atoms. The van der Waals surface area contributed by atoms with Gasteiger partial charge in [0, 0.05) is 25.0 Å². The summed E-state index contributed by atoms with van der Waals surface area (Å²) in [6.45, 7) is 2.21. The lowest BCUT2D eigenvalue weighted by atomic mass is 9.72. The first-order chi connectivity index (χ1) is 12.3. The number of benzene rings is 1. The van der Waals surface area contributed by atoms with Gasteiger partial charge in [0.25, 0.3) is 0 Å². The third kappa shape index (κ3) is 4.90. The van der Waals surface area contributed by atoms with Crippen LogP contribution in [0.25, 0.3) is 0 Å². The van der Waals surface area contributed by atoms with Gasteiger partial charge in [0.2, 0.25) is 0 Å². The number of nitrogens with two attached hydrogens (primary N) is 1. The van der Waals surface area contributed by atoms with Crippen LogP contribution in [0, 0.1) is 0 Å². The van der Waals surface area contributed by atoms with E-state index < -0.39 is 12.0 Å². The molecule has 4 nitrogen and oxygen atoms in total. The van der Waals surface area contributed by atoms with Crippen LogP contribution in [0.5, 0.6) is 5.75 Å². The van der Waals surface area contributed by atoms with E-state index in [2.05, 4.69) is 9.64 Å². The smallest absolute Gasteiger partial charge is 0.406 e. The summed E-state index contributed by atoms with van der Waals surface area (Å²) in [5, 5.41) is 11.3. The predicted molar refractivity (Wildman–Crippen MR) is 92.9 cm³/mol. The fourth-order valence-electron chi connectivity index (χ4n) is 4.31. The van der Waals surface area contributed by atoms with Crippen molar-refractivity contribution < 1.29 is 23.0 Å². The molecule has 146 valence electrons. The van der Waals surface area contributed by atoms with E-state index in [1.807, 2.05) is 0 Å². The molecular formula is C19H27F3N2O2. The molecule has 2 atom stereocenters. The van der Waals surface area contributed by atoms with Crippen molar-refractivity contribution >= 4 is 0 Å². The predicted octanol–water partition coefficient (Wildman–Crippen LogP) is 3.40. The van der Waals surface area contributed by atoms with Crippen molar-refractivity contribution in [3.05, 3.63) is 29.8 Å². The molecule has 26 heavy (non-hydrogen) atoms. The topological polar surface area (TPSA) is 58.7 Å². The van der Waals surface area contributed by atoms with Crippen molar-refractivity contribution in [2.24, 2.45) is 5.73 Å². The summed E-state index contributed by atoms with van der Waals surface area (Å²) in [5.41, 5.74) is 5.79. The Balaban J connectivity index is 1.86. The second-order valence-electron chi connectivity index (χ2n) is 7.65. The molecule has 0 radical (unpaired) electrons. The molecule has 0 bridgehead atoms. The Labute approximate surface area is 152 Å². The SMILES string of the molecule is N[C@H]1CCN(CC(c2cccc(OC(F)(F)F)c2)C2(O)CCCCC2)C1. The normalized spacial score (nSPS) is 25.2. The number of rotatable bonds is 5. The van der Waals surface area contributed by atoms with Gasteiger partial charge in [0.05, 0.1) is 5.60 Å². The second-order valence-corrected chi connectivity index (χ2v) is 7.65. The minimum absolute atomic E-state index is 0.122. The van der Waals surface area contributed by atoms with Gasteiger partial charge >= 0.3 is 6.36 Å². The van der Waals surface area contributed by atoms with E-state index in [1.54, 1.807) is 12.1 Å². The first kappa shape index (κ1) is 19.5. The number of halogens is 3. The van der Waals surface area contributed by atoms with Crippen molar-refractivity contribution in [1.29, 1.82) is 0 Å². The number of hydrogen-bond donors (Lipinski definition) is 2.